The molecule has 4 rings (SSSR count). The Bertz CT molecular complexity index is 1100. The molecule has 4 nitrogen and oxygen atoms in total. The second kappa shape index (κ2) is 7.50. The molecule has 0 radical (unpaired) electrons. The lowest BCUT2D eigenvalue weighted by Gasteiger charge is -2.28. The van der Waals surface area contributed by atoms with E-state index in [1.807, 2.05) is 25.1 Å². The average Bonchev–Trinajstić information content (AvgIpc) is 2.99. The molecule has 1 aliphatic heterocycles. The Labute approximate surface area is 174 Å². The molecular weight excluding hydrogens is 388 g/mol. The molecule has 0 spiro atoms. The molecule has 1 aromatic carbocycles. The summed E-state index contributed by atoms with van der Waals surface area (Å²) in [6, 6.07) is 10.3. The first-order valence-electron chi connectivity index (χ1n) is 9.34. The summed E-state index contributed by atoms with van der Waals surface area (Å²) in [5.41, 5.74) is 3.71. The fourth-order valence-electron chi connectivity index (χ4n) is 3.37. The minimum absolute atomic E-state index is 0.236. The van der Waals surface area contributed by atoms with Crippen LogP contribution in [0.25, 0.3) is 11.1 Å². The third-order valence-corrected chi connectivity index (χ3v) is 6.42. The summed E-state index contributed by atoms with van der Waals surface area (Å²) in [5, 5.41) is 1.77. The van der Waals surface area contributed by atoms with Crippen LogP contribution in [-0.2, 0) is 24.3 Å². The maximum absolute atomic E-state index is 6.15. The molecule has 0 atom stereocenters. The normalized spacial score (nSPS) is 15.5. The maximum Gasteiger partial charge on any atom is 0.232 e. The number of hydrogen-bond acceptors (Lipinski definition) is 5. The van der Waals surface area contributed by atoms with Gasteiger partial charge in [0.05, 0.1) is 24.1 Å². The van der Waals surface area contributed by atoms with E-state index in [0.29, 0.717) is 18.9 Å². The minimum Gasteiger partial charge on any atom is -0.442 e. The number of benzene rings is 1. The maximum atomic E-state index is 6.15. The second-order valence-electron chi connectivity index (χ2n) is 7.93. The van der Waals surface area contributed by atoms with Gasteiger partial charge in [0, 0.05) is 17.7 Å². The molecule has 0 amide bonds. The Kier molecular flexibility index (Phi) is 5.21. The van der Waals surface area contributed by atoms with Gasteiger partial charge < -0.3 is 13.7 Å². The third kappa shape index (κ3) is 3.81. The van der Waals surface area contributed by atoms with Crippen molar-refractivity contribution in [3.05, 3.63) is 64.0 Å². The molecule has 6 heteroatoms. The monoisotopic (exact) mass is 412 g/mol. The van der Waals surface area contributed by atoms with E-state index < -0.39 is 0 Å². The SMILES string of the molecule is C=C(C)CSc1nc2oc3c(c2c(=S)n1Cc1ccccc1)COC(C)(C)C3. The van der Waals surface area contributed by atoms with Crippen LogP contribution in [-0.4, -0.2) is 20.9 Å². The quantitative estimate of drug-likeness (QED) is 0.225. The number of hydrogen-bond donors (Lipinski definition) is 0. The van der Waals surface area contributed by atoms with Gasteiger partial charge in [-0.2, -0.15) is 4.98 Å². The summed E-state index contributed by atoms with van der Waals surface area (Å²) in [5.74, 6) is 1.73. The van der Waals surface area contributed by atoms with Crippen LogP contribution in [0.3, 0.4) is 0 Å². The lowest BCUT2D eigenvalue weighted by molar-refractivity contribution is -0.0441. The van der Waals surface area contributed by atoms with Gasteiger partial charge in [0.25, 0.3) is 0 Å². The summed E-state index contributed by atoms with van der Waals surface area (Å²) in [4.78, 5) is 4.85. The highest BCUT2D eigenvalue weighted by molar-refractivity contribution is 7.99. The largest absolute Gasteiger partial charge is 0.442 e. The van der Waals surface area contributed by atoms with Gasteiger partial charge in [0.1, 0.15) is 10.4 Å². The van der Waals surface area contributed by atoms with E-state index in [-0.39, 0.29) is 5.60 Å². The highest BCUT2D eigenvalue weighted by Gasteiger charge is 2.32. The summed E-state index contributed by atoms with van der Waals surface area (Å²) >= 11 is 7.57. The summed E-state index contributed by atoms with van der Waals surface area (Å²) < 4.78 is 15.0. The van der Waals surface area contributed by atoms with Crippen LogP contribution in [0.4, 0.5) is 0 Å². The first-order valence-corrected chi connectivity index (χ1v) is 10.7. The zero-order valence-electron chi connectivity index (χ0n) is 16.4. The minimum atomic E-state index is -0.236. The van der Waals surface area contributed by atoms with Crippen LogP contribution in [0.2, 0.25) is 0 Å². The number of ether oxygens (including phenoxy) is 1. The van der Waals surface area contributed by atoms with Crippen molar-refractivity contribution in [2.75, 3.05) is 5.75 Å². The van der Waals surface area contributed by atoms with E-state index in [9.17, 15) is 0 Å². The molecule has 0 fully saturated rings. The molecule has 0 bridgehead atoms. The second-order valence-corrected chi connectivity index (χ2v) is 9.26. The number of thioether (sulfide) groups is 1. The van der Waals surface area contributed by atoms with Crippen molar-refractivity contribution in [3.8, 4) is 0 Å². The molecule has 0 aliphatic carbocycles. The van der Waals surface area contributed by atoms with Gasteiger partial charge in [0.2, 0.25) is 5.71 Å². The van der Waals surface area contributed by atoms with Crippen molar-refractivity contribution in [2.45, 2.75) is 51.1 Å². The molecule has 3 aromatic rings. The van der Waals surface area contributed by atoms with Crippen LogP contribution >= 0.6 is 24.0 Å². The van der Waals surface area contributed by atoms with E-state index in [2.05, 4.69) is 37.1 Å². The van der Waals surface area contributed by atoms with Gasteiger partial charge in [-0.25, -0.2) is 0 Å². The number of rotatable bonds is 5. The average molecular weight is 413 g/mol. The van der Waals surface area contributed by atoms with Crippen molar-refractivity contribution in [1.82, 2.24) is 9.55 Å². The molecule has 3 heterocycles. The van der Waals surface area contributed by atoms with E-state index in [1.54, 1.807) is 11.8 Å². The van der Waals surface area contributed by atoms with E-state index in [0.717, 1.165) is 44.3 Å². The summed E-state index contributed by atoms with van der Waals surface area (Å²) in [6.45, 7) is 11.4. The Balaban J connectivity index is 1.86. The van der Waals surface area contributed by atoms with Crippen molar-refractivity contribution < 1.29 is 9.15 Å². The number of fused-ring (bicyclic) bond motifs is 3. The van der Waals surface area contributed by atoms with Crippen LogP contribution in [0, 0.1) is 4.64 Å². The number of aromatic nitrogens is 2. The predicted molar refractivity (Wildman–Crippen MR) is 116 cm³/mol. The smallest absolute Gasteiger partial charge is 0.232 e. The van der Waals surface area contributed by atoms with Crippen molar-refractivity contribution in [1.29, 1.82) is 0 Å². The van der Waals surface area contributed by atoms with Gasteiger partial charge in [-0.3, -0.25) is 0 Å². The van der Waals surface area contributed by atoms with Crippen LogP contribution in [0.5, 0.6) is 0 Å². The Hall–Kier alpha value is -1.89. The highest BCUT2D eigenvalue weighted by atomic mass is 32.2. The van der Waals surface area contributed by atoms with Gasteiger partial charge in [0.15, 0.2) is 5.16 Å². The van der Waals surface area contributed by atoms with Crippen molar-refractivity contribution in [3.63, 3.8) is 0 Å². The molecule has 0 unspecified atom stereocenters. The van der Waals surface area contributed by atoms with Crippen molar-refractivity contribution in [2.24, 2.45) is 0 Å². The van der Waals surface area contributed by atoms with Gasteiger partial charge in [-0.15, -0.1) is 0 Å². The van der Waals surface area contributed by atoms with Gasteiger partial charge in [-0.1, -0.05) is 66.5 Å². The van der Waals surface area contributed by atoms with E-state index in [4.69, 9.17) is 26.4 Å². The zero-order chi connectivity index (χ0) is 19.9. The third-order valence-electron chi connectivity index (χ3n) is 4.78. The zero-order valence-corrected chi connectivity index (χ0v) is 18.1. The van der Waals surface area contributed by atoms with Crippen LogP contribution < -0.4 is 0 Å². The van der Waals surface area contributed by atoms with E-state index in [1.165, 1.54) is 5.56 Å². The topological polar surface area (TPSA) is 40.2 Å². The molecule has 2 aromatic heterocycles. The molecule has 28 heavy (non-hydrogen) atoms. The molecule has 146 valence electrons. The van der Waals surface area contributed by atoms with Crippen LogP contribution in [0.1, 0.15) is 37.7 Å². The Morgan fingerprint density at radius 1 is 1.32 bits per heavy atom. The Morgan fingerprint density at radius 2 is 2.07 bits per heavy atom. The van der Waals surface area contributed by atoms with E-state index >= 15 is 0 Å². The van der Waals surface area contributed by atoms with Crippen molar-refractivity contribution >= 4 is 35.1 Å². The molecule has 0 N–H and O–H groups in total. The van der Waals surface area contributed by atoms with Gasteiger partial charge in [-0.05, 0) is 26.3 Å². The van der Waals surface area contributed by atoms with Crippen LogP contribution in [0.15, 0.2) is 52.1 Å². The predicted octanol–water partition coefficient (Wildman–Crippen LogP) is 5.93. The highest BCUT2D eigenvalue weighted by Crippen LogP contribution is 2.36. The lowest BCUT2D eigenvalue weighted by Crippen LogP contribution is -2.31. The Morgan fingerprint density at radius 3 is 2.79 bits per heavy atom. The standard InChI is InChI=1S/C22H24N2O2S2/c1-14(2)13-28-21-23-19-18(16-12-25-22(3,4)10-17(16)26-19)20(27)24(21)11-15-8-6-5-7-9-15/h5-9H,1,10-13H2,2-4H3. The first-order chi connectivity index (χ1) is 13.3. The number of nitrogens with zero attached hydrogens (tertiary/aromatic N) is 2. The summed E-state index contributed by atoms with van der Waals surface area (Å²) in [6.07, 6.45) is 0.723. The molecule has 0 saturated carbocycles. The molecule has 1 aliphatic rings. The summed E-state index contributed by atoms with van der Waals surface area (Å²) in [7, 11) is 0. The fourth-order valence-corrected chi connectivity index (χ4v) is 4.62. The first kappa shape index (κ1) is 19.4. The molecular formula is C22H24N2O2S2. The number of furan rings is 1. The lowest BCUT2D eigenvalue weighted by atomic mass is 9.97. The molecule has 0 saturated heterocycles. The van der Waals surface area contributed by atoms with Gasteiger partial charge >= 0.3 is 0 Å². The fraction of sp³-hybridized carbons (Fsp3) is 0.364.